The van der Waals surface area contributed by atoms with Gasteiger partial charge in [-0.3, -0.25) is 15.0 Å². The fourth-order valence-electron chi connectivity index (χ4n) is 3.15. The molecule has 0 radical (unpaired) electrons. The fraction of sp³-hybridized carbons (Fsp3) is 0.348. The molecule has 8 nitrogen and oxygen atoms in total. The fourth-order valence-corrected chi connectivity index (χ4v) is 3.66. The number of carbonyl (C=O) groups is 2. The Morgan fingerprint density at radius 1 is 1.22 bits per heavy atom. The van der Waals surface area contributed by atoms with Crippen LogP contribution in [0.15, 0.2) is 46.9 Å². The zero-order valence-electron chi connectivity index (χ0n) is 18.0. The first-order valence-electron chi connectivity index (χ1n) is 10.2. The van der Waals surface area contributed by atoms with Crippen LogP contribution >= 0.6 is 15.9 Å². The molecule has 1 heterocycles. The largest absolute Gasteiger partial charge is 0.492 e. The third-order valence-electron chi connectivity index (χ3n) is 5.11. The topological polar surface area (TPSA) is 127 Å². The Kier molecular flexibility index (Phi) is 7.52. The first-order chi connectivity index (χ1) is 15.1. The van der Waals surface area contributed by atoms with Gasteiger partial charge < -0.3 is 25.8 Å². The van der Waals surface area contributed by atoms with E-state index in [4.69, 9.17) is 20.6 Å². The summed E-state index contributed by atoms with van der Waals surface area (Å²) < 4.78 is 11.9. The molecule has 3 rings (SSSR count). The maximum Gasteiger partial charge on any atom is 0.233 e. The summed E-state index contributed by atoms with van der Waals surface area (Å²) in [6.07, 6.45) is -0.304. The smallest absolute Gasteiger partial charge is 0.233 e. The van der Waals surface area contributed by atoms with E-state index in [1.54, 1.807) is 24.3 Å². The van der Waals surface area contributed by atoms with E-state index in [1.807, 2.05) is 25.1 Å². The lowest BCUT2D eigenvalue weighted by Crippen LogP contribution is -2.44. The molecule has 1 atom stereocenters. The predicted molar refractivity (Wildman–Crippen MR) is 126 cm³/mol. The highest BCUT2D eigenvalue weighted by Crippen LogP contribution is 2.32. The second-order valence-electron chi connectivity index (χ2n) is 8.29. The number of hydrogen-bond donors (Lipinski definition) is 4. The van der Waals surface area contributed by atoms with Crippen LogP contribution in [0.4, 0.5) is 5.69 Å². The van der Waals surface area contributed by atoms with Crippen molar-refractivity contribution >= 4 is 39.3 Å². The van der Waals surface area contributed by atoms with Crippen LogP contribution in [-0.2, 0) is 14.3 Å². The lowest BCUT2D eigenvalue weighted by atomic mass is 9.90. The Morgan fingerprint density at radius 3 is 2.47 bits per heavy atom. The molecule has 1 fully saturated rings. The Bertz CT molecular complexity index is 1010. The van der Waals surface area contributed by atoms with Gasteiger partial charge in [0.15, 0.2) is 0 Å². The number of anilines is 1. The average molecular weight is 503 g/mol. The first kappa shape index (κ1) is 23.7. The molecule has 0 spiro atoms. The summed E-state index contributed by atoms with van der Waals surface area (Å²) in [7, 11) is 0. The summed E-state index contributed by atoms with van der Waals surface area (Å²) >= 11 is 3.53. The zero-order chi connectivity index (χ0) is 23.3. The van der Waals surface area contributed by atoms with Crippen LogP contribution in [0.3, 0.4) is 0 Å². The molecule has 2 amide bonds. The van der Waals surface area contributed by atoms with Crippen molar-refractivity contribution in [2.24, 2.45) is 11.1 Å². The van der Waals surface area contributed by atoms with E-state index < -0.39 is 5.91 Å². The minimum atomic E-state index is -0.427. The van der Waals surface area contributed by atoms with E-state index >= 15 is 0 Å². The van der Waals surface area contributed by atoms with E-state index in [0.29, 0.717) is 31.1 Å². The van der Waals surface area contributed by atoms with E-state index in [2.05, 4.69) is 33.5 Å². The van der Waals surface area contributed by atoms with Crippen LogP contribution in [0.25, 0.3) is 0 Å². The molecule has 170 valence electrons. The van der Waals surface area contributed by atoms with Crippen molar-refractivity contribution in [1.29, 1.82) is 5.41 Å². The standard InChI is InChI=1S/C23H27BrN4O4/c1-14(16-5-8-19(18(24)9-16)32-13-23(2)11-31-12-23)27-20(29)10-21(30)28-17-6-3-15(4-7-17)22(25)26/h3-9,14H,10-13H2,1-2H3,(H3,25,26)(H,27,29)(H,28,30). The monoisotopic (exact) mass is 502 g/mol. The van der Waals surface area contributed by atoms with E-state index in [9.17, 15) is 9.59 Å². The molecule has 1 aliphatic rings. The minimum Gasteiger partial charge on any atom is -0.492 e. The van der Waals surface area contributed by atoms with E-state index in [1.165, 1.54) is 0 Å². The molecule has 0 aliphatic carbocycles. The van der Waals surface area contributed by atoms with Gasteiger partial charge in [0, 0.05) is 16.7 Å². The summed E-state index contributed by atoms with van der Waals surface area (Å²) in [6.45, 7) is 5.94. The molecule has 32 heavy (non-hydrogen) atoms. The van der Waals surface area contributed by atoms with Crippen LogP contribution in [-0.4, -0.2) is 37.5 Å². The van der Waals surface area contributed by atoms with E-state index in [-0.39, 0.29) is 29.6 Å². The van der Waals surface area contributed by atoms with Crippen molar-refractivity contribution in [1.82, 2.24) is 5.32 Å². The average Bonchev–Trinajstić information content (AvgIpc) is 2.71. The van der Waals surface area contributed by atoms with Gasteiger partial charge >= 0.3 is 0 Å². The number of ether oxygens (including phenoxy) is 2. The SMILES string of the molecule is CC(NC(=O)CC(=O)Nc1ccc(C(=N)N)cc1)c1ccc(OCC2(C)COC2)c(Br)c1. The van der Waals surface area contributed by atoms with Gasteiger partial charge in [0.25, 0.3) is 0 Å². The molecule has 1 saturated heterocycles. The van der Waals surface area contributed by atoms with Crippen molar-refractivity contribution in [3.63, 3.8) is 0 Å². The molecule has 1 unspecified atom stereocenters. The number of hydrogen-bond acceptors (Lipinski definition) is 5. The molecular weight excluding hydrogens is 476 g/mol. The quantitative estimate of drug-likeness (QED) is 0.237. The van der Waals surface area contributed by atoms with E-state index in [0.717, 1.165) is 15.8 Å². The number of amides is 2. The summed E-state index contributed by atoms with van der Waals surface area (Å²) in [5.41, 5.74) is 7.44. The second kappa shape index (κ2) is 10.1. The zero-order valence-corrected chi connectivity index (χ0v) is 19.6. The number of rotatable bonds is 9. The Labute approximate surface area is 195 Å². The van der Waals surface area contributed by atoms with Gasteiger partial charge in [-0.25, -0.2) is 0 Å². The lowest BCUT2D eigenvalue weighted by molar-refractivity contribution is -0.127. The highest BCUT2D eigenvalue weighted by atomic mass is 79.9. The summed E-state index contributed by atoms with van der Waals surface area (Å²) in [6, 6.07) is 11.9. The maximum atomic E-state index is 12.3. The molecule has 0 aromatic heterocycles. The van der Waals surface area contributed by atoms with Crippen LogP contribution in [0.1, 0.15) is 37.4 Å². The van der Waals surface area contributed by atoms with Gasteiger partial charge in [0.1, 0.15) is 18.0 Å². The highest BCUT2D eigenvalue weighted by Gasteiger charge is 2.34. The molecule has 1 aliphatic heterocycles. The number of nitrogens with two attached hydrogens (primary N) is 1. The van der Waals surface area contributed by atoms with Crippen LogP contribution in [0.5, 0.6) is 5.75 Å². The maximum absolute atomic E-state index is 12.3. The number of halogens is 1. The Morgan fingerprint density at radius 2 is 1.91 bits per heavy atom. The summed E-state index contributed by atoms with van der Waals surface area (Å²) in [5.74, 6) is -0.131. The van der Waals surface area contributed by atoms with Crippen molar-refractivity contribution < 1.29 is 19.1 Å². The van der Waals surface area contributed by atoms with Gasteiger partial charge in [-0.15, -0.1) is 0 Å². The van der Waals surface area contributed by atoms with Crippen LogP contribution in [0.2, 0.25) is 0 Å². The van der Waals surface area contributed by atoms with Gasteiger partial charge in [0.05, 0.1) is 30.3 Å². The number of nitrogens with one attached hydrogen (secondary N) is 3. The minimum absolute atomic E-state index is 0.0510. The van der Waals surface area contributed by atoms with Crippen molar-refractivity contribution in [3.8, 4) is 5.75 Å². The van der Waals surface area contributed by atoms with Gasteiger partial charge in [-0.2, -0.15) is 0 Å². The molecule has 5 N–H and O–H groups in total. The Hall–Kier alpha value is -2.91. The first-order valence-corrected chi connectivity index (χ1v) is 11.0. The molecule has 0 saturated carbocycles. The molecule has 9 heteroatoms. The summed E-state index contributed by atoms with van der Waals surface area (Å²) in [5, 5.41) is 12.9. The van der Waals surface area contributed by atoms with Crippen LogP contribution < -0.4 is 21.1 Å². The van der Waals surface area contributed by atoms with Crippen molar-refractivity contribution in [3.05, 3.63) is 58.1 Å². The number of nitrogen functional groups attached to an aromatic ring is 1. The lowest BCUT2D eigenvalue weighted by Gasteiger charge is -2.37. The van der Waals surface area contributed by atoms with Crippen LogP contribution in [0, 0.1) is 10.8 Å². The predicted octanol–water partition coefficient (Wildman–Crippen LogP) is 3.35. The van der Waals surface area contributed by atoms with Gasteiger partial charge in [0.2, 0.25) is 11.8 Å². The second-order valence-corrected chi connectivity index (χ2v) is 9.14. The Balaban J connectivity index is 1.49. The number of benzene rings is 2. The number of carbonyl (C=O) groups excluding carboxylic acids is 2. The van der Waals surface area contributed by atoms with Crippen molar-refractivity contribution in [2.75, 3.05) is 25.1 Å². The van der Waals surface area contributed by atoms with Crippen molar-refractivity contribution in [2.45, 2.75) is 26.3 Å². The molecular formula is C23H27BrN4O4. The summed E-state index contributed by atoms with van der Waals surface area (Å²) in [4.78, 5) is 24.5. The van der Waals surface area contributed by atoms with Gasteiger partial charge in [-0.05, 0) is 64.8 Å². The highest BCUT2D eigenvalue weighted by molar-refractivity contribution is 9.10. The normalized spacial score (nSPS) is 15.2. The third kappa shape index (κ3) is 6.30. The third-order valence-corrected chi connectivity index (χ3v) is 5.73. The molecule has 2 aromatic carbocycles. The number of amidine groups is 1. The molecule has 2 aromatic rings. The molecule has 0 bridgehead atoms. The van der Waals surface area contributed by atoms with Gasteiger partial charge in [-0.1, -0.05) is 13.0 Å².